The summed E-state index contributed by atoms with van der Waals surface area (Å²) in [5, 5.41) is 12.1. The Morgan fingerprint density at radius 3 is 2.70 bits per heavy atom. The fraction of sp³-hybridized carbons (Fsp3) is 0.474. The summed E-state index contributed by atoms with van der Waals surface area (Å²) >= 11 is 5.99. The van der Waals surface area contributed by atoms with Gasteiger partial charge < -0.3 is 14.8 Å². The Bertz CT molecular complexity index is 762. The van der Waals surface area contributed by atoms with E-state index in [0.29, 0.717) is 11.5 Å². The monoisotopic (exact) mass is 398 g/mol. The summed E-state index contributed by atoms with van der Waals surface area (Å²) in [6.07, 6.45) is 5.43. The number of hydrogen-bond acceptors (Lipinski definition) is 4. The molecule has 2 atom stereocenters. The van der Waals surface area contributed by atoms with Crippen molar-refractivity contribution in [3.8, 4) is 17.6 Å². The number of amides is 1. The zero-order chi connectivity index (χ0) is 20.0. The number of benzene rings is 1. The molecule has 0 aromatic heterocycles. The summed E-state index contributed by atoms with van der Waals surface area (Å²) in [6, 6.07) is 4.60. The van der Waals surface area contributed by atoms with Crippen LogP contribution in [0.15, 0.2) is 17.7 Å². The number of carbonyl (C=O) groups is 1. The molecule has 1 fully saturated rings. The van der Waals surface area contributed by atoms with Crippen LogP contribution in [-0.4, -0.2) is 25.7 Å². The van der Waals surface area contributed by atoms with Gasteiger partial charge in [0.15, 0.2) is 11.5 Å². The van der Waals surface area contributed by atoms with Crippen molar-refractivity contribution < 1.29 is 23.0 Å². The van der Waals surface area contributed by atoms with Crippen molar-refractivity contribution in [3.63, 3.8) is 0 Å². The van der Waals surface area contributed by atoms with Gasteiger partial charge in [-0.1, -0.05) is 31.4 Å². The van der Waals surface area contributed by atoms with Gasteiger partial charge >= 0.3 is 6.61 Å². The van der Waals surface area contributed by atoms with Crippen molar-refractivity contribution in [2.45, 2.75) is 45.3 Å². The first kappa shape index (κ1) is 21.0. The van der Waals surface area contributed by atoms with Crippen molar-refractivity contribution in [2.24, 2.45) is 5.92 Å². The van der Waals surface area contributed by atoms with E-state index >= 15 is 0 Å². The Morgan fingerprint density at radius 1 is 1.41 bits per heavy atom. The summed E-state index contributed by atoms with van der Waals surface area (Å²) < 4.78 is 34.4. The standard InChI is InChI=1S/C19H21ClF2N2O3/c1-11-5-3-4-6-15(11)24-18(25)13(10-23)7-12-8-14(20)17(27-19(21)22)16(9-12)26-2/h7-9,11,15,19H,3-6H2,1-2H3,(H,24,25)/b13-7+/t11-,15+/m1/s1. The van der Waals surface area contributed by atoms with Crippen LogP contribution in [0.5, 0.6) is 11.5 Å². The summed E-state index contributed by atoms with van der Waals surface area (Å²) in [5.41, 5.74) is 0.260. The fourth-order valence-corrected chi connectivity index (χ4v) is 3.38. The largest absolute Gasteiger partial charge is 0.493 e. The van der Waals surface area contributed by atoms with E-state index in [-0.39, 0.29) is 28.1 Å². The smallest absolute Gasteiger partial charge is 0.387 e. The maximum Gasteiger partial charge on any atom is 0.387 e. The van der Waals surface area contributed by atoms with Crippen molar-refractivity contribution >= 4 is 23.6 Å². The molecule has 8 heteroatoms. The lowest BCUT2D eigenvalue weighted by molar-refractivity contribution is -0.118. The predicted octanol–water partition coefficient (Wildman–Crippen LogP) is 4.55. The van der Waals surface area contributed by atoms with Crippen LogP contribution in [0.4, 0.5) is 8.78 Å². The van der Waals surface area contributed by atoms with Crippen molar-refractivity contribution in [1.29, 1.82) is 5.26 Å². The number of carbonyl (C=O) groups excluding carboxylic acids is 1. The average Bonchev–Trinajstić information content (AvgIpc) is 2.63. The molecule has 1 N–H and O–H groups in total. The van der Waals surface area contributed by atoms with Gasteiger partial charge in [-0.25, -0.2) is 0 Å². The normalized spacial score (nSPS) is 20.1. The number of hydrogen-bond donors (Lipinski definition) is 1. The zero-order valence-electron chi connectivity index (χ0n) is 15.1. The highest BCUT2D eigenvalue weighted by molar-refractivity contribution is 6.32. The van der Waals surface area contributed by atoms with Crippen LogP contribution >= 0.6 is 11.6 Å². The van der Waals surface area contributed by atoms with E-state index < -0.39 is 12.5 Å². The molecule has 0 heterocycles. The number of nitrogens with zero attached hydrogens (tertiary/aromatic N) is 1. The third-order valence-electron chi connectivity index (χ3n) is 4.56. The molecule has 1 aliphatic carbocycles. The molecule has 0 radical (unpaired) electrons. The van der Waals surface area contributed by atoms with Crippen molar-refractivity contribution in [3.05, 3.63) is 28.3 Å². The first-order valence-corrected chi connectivity index (χ1v) is 8.98. The van der Waals surface area contributed by atoms with E-state index in [2.05, 4.69) is 17.0 Å². The Labute approximate surface area is 161 Å². The summed E-state index contributed by atoms with van der Waals surface area (Å²) in [4.78, 5) is 12.5. The summed E-state index contributed by atoms with van der Waals surface area (Å²) in [7, 11) is 1.28. The van der Waals surface area contributed by atoms with Crippen LogP contribution in [0.3, 0.4) is 0 Å². The van der Waals surface area contributed by atoms with Gasteiger partial charge in [0, 0.05) is 6.04 Å². The molecular formula is C19H21ClF2N2O3. The van der Waals surface area contributed by atoms with Gasteiger partial charge in [0.2, 0.25) is 0 Å². The van der Waals surface area contributed by atoms with E-state index in [9.17, 15) is 18.8 Å². The lowest BCUT2D eigenvalue weighted by atomic mass is 9.86. The molecule has 0 bridgehead atoms. The number of halogens is 3. The number of alkyl halides is 2. The third kappa shape index (κ3) is 5.57. The van der Waals surface area contributed by atoms with Crippen molar-refractivity contribution in [2.75, 3.05) is 7.11 Å². The van der Waals surface area contributed by atoms with Gasteiger partial charge in [-0.05, 0) is 42.5 Å². The molecule has 1 saturated carbocycles. The first-order valence-electron chi connectivity index (χ1n) is 8.60. The second-order valence-corrected chi connectivity index (χ2v) is 6.83. The Kier molecular flexibility index (Phi) is 7.43. The Hall–Kier alpha value is -2.33. The minimum atomic E-state index is -3.06. The molecule has 0 spiro atoms. The number of nitriles is 1. The maximum atomic E-state index is 12.5. The minimum absolute atomic E-state index is 0.0207. The van der Waals surface area contributed by atoms with E-state index in [0.717, 1.165) is 25.7 Å². The van der Waals surface area contributed by atoms with Gasteiger partial charge in [-0.15, -0.1) is 0 Å². The topological polar surface area (TPSA) is 71.3 Å². The van der Waals surface area contributed by atoms with E-state index in [1.165, 1.54) is 25.3 Å². The molecule has 1 aromatic rings. The summed E-state index contributed by atoms with van der Waals surface area (Å²) in [5.74, 6) is -0.444. The lowest BCUT2D eigenvalue weighted by Gasteiger charge is -2.29. The molecule has 1 aromatic carbocycles. The molecule has 146 valence electrons. The highest BCUT2D eigenvalue weighted by Gasteiger charge is 2.24. The number of methoxy groups -OCH3 is 1. The number of nitrogens with one attached hydrogen (secondary N) is 1. The lowest BCUT2D eigenvalue weighted by Crippen LogP contribution is -2.41. The Morgan fingerprint density at radius 2 is 2.11 bits per heavy atom. The van der Waals surface area contributed by atoms with E-state index in [4.69, 9.17) is 16.3 Å². The van der Waals surface area contributed by atoms with Crippen LogP contribution in [0.2, 0.25) is 5.02 Å². The molecule has 1 amide bonds. The zero-order valence-corrected chi connectivity index (χ0v) is 15.9. The second-order valence-electron chi connectivity index (χ2n) is 6.42. The van der Waals surface area contributed by atoms with Crippen LogP contribution in [0.1, 0.15) is 38.2 Å². The van der Waals surface area contributed by atoms with Gasteiger partial charge in [-0.3, -0.25) is 4.79 Å². The number of ether oxygens (including phenoxy) is 2. The molecule has 0 unspecified atom stereocenters. The second kappa shape index (κ2) is 9.56. The van der Waals surface area contributed by atoms with Gasteiger partial charge in [0.05, 0.1) is 12.1 Å². The Balaban J connectivity index is 2.24. The van der Waals surface area contributed by atoms with Crippen LogP contribution in [0.25, 0.3) is 6.08 Å². The van der Waals surface area contributed by atoms with Crippen LogP contribution < -0.4 is 14.8 Å². The van der Waals surface area contributed by atoms with E-state index in [1.807, 2.05) is 6.07 Å². The highest BCUT2D eigenvalue weighted by atomic mass is 35.5. The molecule has 2 rings (SSSR count). The minimum Gasteiger partial charge on any atom is -0.493 e. The fourth-order valence-electron chi connectivity index (χ4n) is 3.12. The summed E-state index contributed by atoms with van der Waals surface area (Å²) in [6.45, 7) is -0.984. The van der Waals surface area contributed by atoms with Crippen LogP contribution in [-0.2, 0) is 4.79 Å². The molecule has 0 saturated heterocycles. The third-order valence-corrected chi connectivity index (χ3v) is 4.84. The van der Waals surface area contributed by atoms with E-state index in [1.54, 1.807) is 0 Å². The molecule has 27 heavy (non-hydrogen) atoms. The first-order chi connectivity index (χ1) is 12.8. The average molecular weight is 399 g/mol. The molecule has 0 aliphatic heterocycles. The molecule has 5 nitrogen and oxygen atoms in total. The SMILES string of the molecule is COc1cc(/C=C(\C#N)C(=O)N[C@H]2CCCC[C@H]2C)cc(Cl)c1OC(F)F. The van der Waals surface area contributed by atoms with Gasteiger partial charge in [0.1, 0.15) is 11.6 Å². The maximum absolute atomic E-state index is 12.5. The molecular weight excluding hydrogens is 378 g/mol. The van der Waals surface area contributed by atoms with Crippen LogP contribution in [0, 0.1) is 17.2 Å². The van der Waals surface area contributed by atoms with Crippen molar-refractivity contribution in [1.82, 2.24) is 5.32 Å². The highest BCUT2D eigenvalue weighted by Crippen LogP contribution is 2.38. The predicted molar refractivity (Wildman–Crippen MR) is 97.8 cm³/mol. The molecule has 1 aliphatic rings. The number of rotatable bonds is 6. The quantitative estimate of drug-likeness (QED) is 0.563. The van der Waals surface area contributed by atoms with Gasteiger partial charge in [0.25, 0.3) is 5.91 Å². The van der Waals surface area contributed by atoms with Gasteiger partial charge in [-0.2, -0.15) is 14.0 Å².